The molecule has 58 heavy (non-hydrogen) atoms. The minimum absolute atomic E-state index is 0.205. The van der Waals surface area contributed by atoms with Gasteiger partial charge in [0, 0.05) is 13.0 Å². The summed E-state index contributed by atoms with van der Waals surface area (Å²) in [5.41, 5.74) is 6.28. The van der Waals surface area contributed by atoms with Gasteiger partial charge >= 0.3 is 30.3 Å². The van der Waals surface area contributed by atoms with Gasteiger partial charge < -0.3 is 41.6 Å². The summed E-state index contributed by atoms with van der Waals surface area (Å²) >= 11 is 0. The van der Waals surface area contributed by atoms with Gasteiger partial charge in [-0.1, -0.05) is 72.8 Å². The van der Waals surface area contributed by atoms with Crippen LogP contribution >= 0.6 is 0 Å². The Morgan fingerprint density at radius 1 is 0.862 bits per heavy atom. The van der Waals surface area contributed by atoms with E-state index < -0.39 is 65.6 Å². The first-order chi connectivity index (χ1) is 26.9. The Bertz CT molecular complexity index is 2080. The number of H-pyrrole nitrogens is 1. The molecule has 15 nitrogen and oxygen atoms in total. The van der Waals surface area contributed by atoms with Gasteiger partial charge in [0.2, 0.25) is 17.7 Å². The van der Waals surface area contributed by atoms with E-state index in [1.165, 1.54) is 11.1 Å². The van der Waals surface area contributed by atoms with Gasteiger partial charge in [-0.2, -0.15) is 26.3 Å². The van der Waals surface area contributed by atoms with Crippen molar-refractivity contribution in [1.82, 2.24) is 20.2 Å². The summed E-state index contributed by atoms with van der Waals surface area (Å²) in [7, 11) is 0. The smallest absolute Gasteiger partial charge is 0.480 e. The van der Waals surface area contributed by atoms with Crippen molar-refractivity contribution in [1.29, 1.82) is 0 Å². The number of nitrogens with one attached hydrogen (secondary N) is 3. The second-order valence-corrected chi connectivity index (χ2v) is 13.3. The van der Waals surface area contributed by atoms with Crippen molar-refractivity contribution >= 4 is 52.2 Å². The van der Waals surface area contributed by atoms with Crippen LogP contribution < -0.4 is 16.4 Å². The number of hydrogen-bond donors (Lipinski definition) is 7. The zero-order valence-corrected chi connectivity index (χ0v) is 30.6. The maximum absolute atomic E-state index is 13.8. The zero-order chi connectivity index (χ0) is 43.6. The monoisotopic (exact) mass is 824 g/mol. The van der Waals surface area contributed by atoms with Crippen molar-refractivity contribution < 1.29 is 70.4 Å². The molecule has 0 spiro atoms. The molecule has 1 saturated heterocycles. The number of hydrogen-bond acceptors (Lipinski definition) is 8. The first-order valence-electron chi connectivity index (χ1n) is 17.0. The average Bonchev–Trinajstić information content (AvgIpc) is 3.82. The number of carbonyl (C=O) groups excluding carboxylic acids is 3. The van der Waals surface area contributed by atoms with E-state index in [0.29, 0.717) is 24.9 Å². The number of carboxylic acids is 3. The predicted octanol–water partition coefficient (Wildman–Crippen LogP) is 4.44. The summed E-state index contributed by atoms with van der Waals surface area (Å²) in [4.78, 5) is 78.7. The zero-order valence-electron chi connectivity index (χ0n) is 30.6. The number of carboxylic acid groups (broad SMARTS) is 3. The van der Waals surface area contributed by atoms with Crippen LogP contribution in [0, 0.1) is 0 Å². The molecule has 5 rings (SSSR count). The Morgan fingerprint density at radius 2 is 1.41 bits per heavy atom. The molecule has 0 bridgehead atoms. The van der Waals surface area contributed by atoms with Crippen LogP contribution in [0.5, 0.6) is 0 Å². The molecule has 1 aromatic heterocycles. The van der Waals surface area contributed by atoms with E-state index in [-0.39, 0.29) is 24.0 Å². The number of likely N-dealkylation sites (tertiary alicyclic amines) is 1. The van der Waals surface area contributed by atoms with Crippen LogP contribution in [0.2, 0.25) is 0 Å². The predicted molar refractivity (Wildman–Crippen MR) is 193 cm³/mol. The standard InChI is InChI=1S/C33H36N6O5.2C2HF3O2/c1-33(2,34)32(44)36-24(18-20-14-15-21-9-6-7-12-23(21)17-20)29(40)38-26-19-35-28(37-26)27(22-10-4-3-5-11-22)30(41)39-16-8-13-25(39)31(42)43;2*3-2(4,5)1(6)7/h3-7,9-12,14-15,17,19,24-25,27H,8,13,16,18,34H2,1-2H3,(H,35,37)(H,36,44)(H,38,40)(H,42,43);2*(H,6,7)/t24-,25+,27?;;/m1../s1. The van der Waals surface area contributed by atoms with Crippen molar-refractivity contribution in [3.05, 3.63) is 95.9 Å². The van der Waals surface area contributed by atoms with Crippen molar-refractivity contribution in [2.75, 3.05) is 11.9 Å². The number of aromatic amines is 1. The topological polar surface area (TPSA) is 245 Å². The summed E-state index contributed by atoms with van der Waals surface area (Å²) in [5, 5.41) is 31.6. The van der Waals surface area contributed by atoms with Gasteiger partial charge in [0.1, 0.15) is 29.6 Å². The lowest BCUT2D eigenvalue weighted by Crippen LogP contribution is -2.55. The van der Waals surface area contributed by atoms with Crippen molar-refractivity contribution in [3.63, 3.8) is 0 Å². The third-order valence-electron chi connectivity index (χ3n) is 8.27. The van der Waals surface area contributed by atoms with E-state index in [0.717, 1.165) is 16.3 Å². The number of rotatable bonds is 10. The van der Waals surface area contributed by atoms with Crippen LogP contribution in [0.1, 0.15) is 49.6 Å². The largest absolute Gasteiger partial charge is 0.490 e. The van der Waals surface area contributed by atoms with Gasteiger partial charge in [0.25, 0.3) is 0 Å². The lowest BCUT2D eigenvalue weighted by molar-refractivity contribution is -0.193. The molecule has 0 aliphatic carbocycles. The number of anilines is 1. The quantitative estimate of drug-likeness (QED) is 0.110. The fraction of sp³-hybridized carbons (Fsp3) is 0.324. The average molecular weight is 825 g/mol. The molecule has 1 aliphatic heterocycles. The summed E-state index contributed by atoms with van der Waals surface area (Å²) in [5.74, 6) is -8.37. The molecule has 1 fully saturated rings. The van der Waals surface area contributed by atoms with Gasteiger partial charge in [-0.05, 0) is 48.6 Å². The van der Waals surface area contributed by atoms with Crippen molar-refractivity contribution in [2.24, 2.45) is 5.73 Å². The number of nitrogens with zero attached hydrogens (tertiary/aromatic N) is 2. The molecular formula is C37H38F6N6O9. The normalized spacial score (nSPS) is 15.1. The molecule has 8 N–H and O–H groups in total. The Labute approximate surface area is 325 Å². The SMILES string of the molecule is CC(C)(N)C(=O)N[C@H](Cc1ccc2ccccc2c1)C(=O)Nc1cnc(C(C(=O)N2CCC[C@H]2C(=O)O)c2ccccc2)[nH]1.O=C(O)C(F)(F)F.O=C(O)C(F)(F)F. The molecule has 312 valence electrons. The van der Waals surface area contributed by atoms with E-state index in [4.69, 9.17) is 25.5 Å². The van der Waals surface area contributed by atoms with Crippen LogP contribution in [0.3, 0.4) is 0 Å². The molecule has 3 atom stereocenters. The Balaban J connectivity index is 0.000000550. The fourth-order valence-corrected chi connectivity index (χ4v) is 5.44. The lowest BCUT2D eigenvalue weighted by atomic mass is 9.96. The molecule has 21 heteroatoms. The molecule has 1 unspecified atom stereocenters. The fourth-order valence-electron chi connectivity index (χ4n) is 5.44. The van der Waals surface area contributed by atoms with Crippen molar-refractivity contribution in [2.45, 2.75) is 69.0 Å². The maximum Gasteiger partial charge on any atom is 0.490 e. The number of carbonyl (C=O) groups is 6. The summed E-state index contributed by atoms with van der Waals surface area (Å²) in [6.45, 7) is 3.45. The summed E-state index contributed by atoms with van der Waals surface area (Å²) in [6.07, 6.45) is -7.59. The summed E-state index contributed by atoms with van der Waals surface area (Å²) < 4.78 is 63.5. The second-order valence-electron chi connectivity index (χ2n) is 13.3. The highest BCUT2D eigenvalue weighted by molar-refractivity contribution is 5.98. The Kier molecular flexibility index (Phi) is 15.1. The molecule has 2 heterocycles. The van der Waals surface area contributed by atoms with Crippen LogP contribution in [0.25, 0.3) is 10.8 Å². The number of fused-ring (bicyclic) bond motifs is 1. The number of halogens is 6. The number of aromatic nitrogens is 2. The van der Waals surface area contributed by atoms with E-state index >= 15 is 0 Å². The third-order valence-corrected chi connectivity index (χ3v) is 8.27. The van der Waals surface area contributed by atoms with Gasteiger partial charge in [-0.3, -0.25) is 14.4 Å². The molecule has 3 aromatic carbocycles. The number of alkyl halides is 6. The number of nitrogens with two attached hydrogens (primary N) is 1. The van der Waals surface area contributed by atoms with Crippen LogP contribution in [-0.2, 0) is 35.2 Å². The Hall–Kier alpha value is -6.51. The highest BCUT2D eigenvalue weighted by Gasteiger charge is 2.40. The van der Waals surface area contributed by atoms with E-state index in [9.17, 15) is 50.6 Å². The highest BCUT2D eigenvalue weighted by Crippen LogP contribution is 2.30. The van der Waals surface area contributed by atoms with Crippen LogP contribution in [0.4, 0.5) is 32.2 Å². The van der Waals surface area contributed by atoms with E-state index in [1.54, 1.807) is 38.1 Å². The highest BCUT2D eigenvalue weighted by atomic mass is 19.4. The number of amides is 3. The molecule has 3 amide bonds. The van der Waals surface area contributed by atoms with Gasteiger partial charge in [-0.15, -0.1) is 0 Å². The summed E-state index contributed by atoms with van der Waals surface area (Å²) in [6, 6.07) is 20.8. The van der Waals surface area contributed by atoms with Gasteiger partial charge in [0.15, 0.2) is 0 Å². The number of imidazole rings is 1. The van der Waals surface area contributed by atoms with E-state index in [1.807, 2.05) is 48.5 Å². The molecule has 4 aromatic rings. The van der Waals surface area contributed by atoms with Gasteiger partial charge in [-0.25, -0.2) is 19.4 Å². The maximum atomic E-state index is 13.8. The molecule has 0 saturated carbocycles. The van der Waals surface area contributed by atoms with Crippen molar-refractivity contribution in [3.8, 4) is 0 Å². The molecule has 0 radical (unpaired) electrons. The first-order valence-corrected chi connectivity index (χ1v) is 17.0. The van der Waals surface area contributed by atoms with Crippen LogP contribution in [-0.4, -0.2) is 102 Å². The number of benzene rings is 3. The first kappa shape index (κ1) is 45.9. The molecular weight excluding hydrogens is 786 g/mol. The Morgan fingerprint density at radius 3 is 1.95 bits per heavy atom. The minimum atomic E-state index is -5.08. The van der Waals surface area contributed by atoms with Gasteiger partial charge in [0.05, 0.1) is 11.7 Å². The third kappa shape index (κ3) is 13.0. The molecule has 1 aliphatic rings. The van der Waals surface area contributed by atoms with E-state index in [2.05, 4.69) is 20.6 Å². The van der Waals surface area contributed by atoms with Crippen LogP contribution in [0.15, 0.2) is 79.0 Å². The second kappa shape index (κ2) is 19.1. The number of aliphatic carboxylic acids is 3. The minimum Gasteiger partial charge on any atom is -0.480 e. The lowest BCUT2D eigenvalue weighted by Gasteiger charge is -2.26.